The first-order valence-corrected chi connectivity index (χ1v) is 5.54. The Hall–Kier alpha value is -1.56. The molecule has 2 rings (SSSR count). The summed E-state index contributed by atoms with van der Waals surface area (Å²) in [6.45, 7) is 0.397. The molecule has 0 aromatic carbocycles. The molecule has 16 heavy (non-hydrogen) atoms. The van der Waals surface area contributed by atoms with Gasteiger partial charge in [0.15, 0.2) is 0 Å². The van der Waals surface area contributed by atoms with E-state index < -0.39 is 0 Å². The molecule has 0 fully saturated rings. The van der Waals surface area contributed by atoms with Crippen LogP contribution in [0.15, 0.2) is 29.1 Å². The average molecular weight is 283 g/mol. The van der Waals surface area contributed by atoms with Crippen LogP contribution in [-0.4, -0.2) is 20.4 Å². The molecule has 0 aliphatic carbocycles. The van der Waals surface area contributed by atoms with E-state index in [1.165, 1.54) is 0 Å². The molecule has 0 aliphatic rings. The fourth-order valence-electron chi connectivity index (χ4n) is 1.40. The van der Waals surface area contributed by atoms with Gasteiger partial charge in [0.2, 0.25) is 0 Å². The van der Waals surface area contributed by atoms with Crippen molar-refractivity contribution in [1.29, 1.82) is 0 Å². The molecule has 0 spiro atoms. The highest BCUT2D eigenvalue weighted by atomic mass is 79.9. The Kier molecular flexibility index (Phi) is 3.09. The zero-order valence-corrected chi connectivity index (χ0v) is 10.3. The lowest BCUT2D eigenvalue weighted by Crippen LogP contribution is -2.25. The lowest BCUT2D eigenvalue weighted by molar-refractivity contribution is 0.0942. The van der Waals surface area contributed by atoms with Crippen molar-refractivity contribution in [1.82, 2.24) is 19.9 Å². The molecule has 0 atom stereocenters. The van der Waals surface area contributed by atoms with E-state index in [4.69, 9.17) is 0 Å². The Morgan fingerprint density at radius 3 is 3.06 bits per heavy atom. The number of imidazole rings is 1. The van der Waals surface area contributed by atoms with Crippen LogP contribution in [0, 0.1) is 0 Å². The Labute approximate surface area is 101 Å². The third kappa shape index (κ3) is 2.33. The third-order valence-corrected chi connectivity index (χ3v) is 2.61. The van der Waals surface area contributed by atoms with Crippen LogP contribution in [0.3, 0.4) is 0 Å². The van der Waals surface area contributed by atoms with Crippen molar-refractivity contribution >= 4 is 21.8 Å². The fraction of sp³-hybridized carbons (Fsp3) is 0.200. The summed E-state index contributed by atoms with van der Waals surface area (Å²) in [4.78, 5) is 18.7. The molecule has 6 heteroatoms. The molecule has 0 bridgehead atoms. The highest BCUT2D eigenvalue weighted by Gasteiger charge is 2.10. The quantitative estimate of drug-likeness (QED) is 0.895. The second-order valence-corrected chi connectivity index (χ2v) is 4.29. The van der Waals surface area contributed by atoms with Crippen molar-refractivity contribution in [2.75, 3.05) is 0 Å². The van der Waals surface area contributed by atoms with E-state index in [0.29, 0.717) is 12.2 Å². The van der Waals surface area contributed by atoms with Crippen LogP contribution in [0.5, 0.6) is 0 Å². The van der Waals surface area contributed by atoms with Crippen LogP contribution in [0.4, 0.5) is 0 Å². The van der Waals surface area contributed by atoms with E-state index in [-0.39, 0.29) is 5.91 Å². The van der Waals surface area contributed by atoms with Gasteiger partial charge in [-0.05, 0) is 22.0 Å². The van der Waals surface area contributed by atoms with Crippen LogP contribution < -0.4 is 5.32 Å². The van der Waals surface area contributed by atoms with E-state index >= 15 is 0 Å². The molecule has 1 amide bonds. The maximum absolute atomic E-state index is 11.8. The van der Waals surface area contributed by atoms with Gasteiger partial charge >= 0.3 is 0 Å². The smallest absolute Gasteiger partial charge is 0.268 e. The molecular weight excluding hydrogens is 272 g/mol. The molecule has 2 aromatic heterocycles. The van der Waals surface area contributed by atoms with Gasteiger partial charge in [0.1, 0.15) is 11.5 Å². The first-order chi connectivity index (χ1) is 7.66. The van der Waals surface area contributed by atoms with Crippen molar-refractivity contribution in [3.63, 3.8) is 0 Å². The number of hydrogen-bond acceptors (Lipinski definition) is 2. The molecule has 2 heterocycles. The first-order valence-electron chi connectivity index (χ1n) is 4.75. The molecule has 0 unspecified atom stereocenters. The van der Waals surface area contributed by atoms with Gasteiger partial charge in [-0.25, -0.2) is 4.98 Å². The van der Waals surface area contributed by atoms with Crippen LogP contribution >= 0.6 is 15.9 Å². The normalized spacial score (nSPS) is 10.4. The zero-order valence-electron chi connectivity index (χ0n) is 8.70. The minimum atomic E-state index is -0.121. The largest absolute Gasteiger partial charge is 0.347 e. The van der Waals surface area contributed by atoms with Crippen molar-refractivity contribution in [2.24, 2.45) is 7.05 Å². The lowest BCUT2D eigenvalue weighted by atomic mass is 10.4. The highest BCUT2D eigenvalue weighted by molar-refractivity contribution is 9.10. The summed E-state index contributed by atoms with van der Waals surface area (Å²) in [5.74, 6) is 0.617. The number of H-pyrrole nitrogens is 1. The van der Waals surface area contributed by atoms with E-state index in [9.17, 15) is 4.79 Å². The minimum Gasteiger partial charge on any atom is -0.347 e. The van der Waals surface area contributed by atoms with Gasteiger partial charge in [0.25, 0.3) is 5.91 Å². The van der Waals surface area contributed by atoms with Gasteiger partial charge in [0, 0.05) is 30.1 Å². The molecule has 5 nitrogen and oxygen atoms in total. The summed E-state index contributed by atoms with van der Waals surface area (Å²) in [7, 11) is 1.83. The number of hydrogen-bond donors (Lipinski definition) is 2. The number of amides is 1. The Morgan fingerprint density at radius 1 is 1.69 bits per heavy atom. The summed E-state index contributed by atoms with van der Waals surface area (Å²) in [5, 5.41) is 2.78. The number of halogens is 1. The van der Waals surface area contributed by atoms with E-state index in [1.54, 1.807) is 23.0 Å². The molecule has 84 valence electrons. The fourth-order valence-corrected chi connectivity index (χ4v) is 1.92. The van der Waals surface area contributed by atoms with Crippen molar-refractivity contribution < 1.29 is 4.79 Å². The SMILES string of the molecule is Cn1cc(Br)cc1C(=O)NCc1ncc[nH]1. The first kappa shape index (κ1) is 10.9. The molecular formula is C10H11BrN4O. The Balaban J connectivity index is 2.01. The van der Waals surface area contributed by atoms with Crippen LogP contribution in [0.25, 0.3) is 0 Å². The number of nitrogens with one attached hydrogen (secondary N) is 2. The van der Waals surface area contributed by atoms with E-state index in [1.807, 2.05) is 13.2 Å². The molecule has 0 aliphatic heterocycles. The van der Waals surface area contributed by atoms with Gasteiger partial charge in [0.05, 0.1) is 6.54 Å². The van der Waals surface area contributed by atoms with Crippen LogP contribution in [-0.2, 0) is 13.6 Å². The van der Waals surface area contributed by atoms with Crippen molar-refractivity contribution in [3.8, 4) is 0 Å². The van der Waals surface area contributed by atoms with Gasteiger partial charge in [-0.1, -0.05) is 0 Å². The molecule has 0 saturated carbocycles. The maximum atomic E-state index is 11.8. The second kappa shape index (κ2) is 4.52. The van der Waals surface area contributed by atoms with Crippen molar-refractivity contribution in [2.45, 2.75) is 6.54 Å². The molecule has 2 N–H and O–H groups in total. The standard InChI is InChI=1S/C10H11BrN4O/c1-15-6-7(11)4-8(15)10(16)14-5-9-12-2-3-13-9/h2-4,6H,5H2,1H3,(H,12,13)(H,14,16). The molecule has 2 aromatic rings. The summed E-state index contributed by atoms with van der Waals surface area (Å²) in [6.07, 6.45) is 5.21. The van der Waals surface area contributed by atoms with Crippen LogP contribution in [0.1, 0.15) is 16.3 Å². The van der Waals surface area contributed by atoms with Gasteiger partial charge < -0.3 is 14.9 Å². The van der Waals surface area contributed by atoms with Gasteiger partial charge in [-0.3, -0.25) is 4.79 Å². The summed E-state index contributed by atoms with van der Waals surface area (Å²) < 4.78 is 2.65. The number of carbonyl (C=O) groups excluding carboxylic acids is 1. The third-order valence-electron chi connectivity index (χ3n) is 2.18. The van der Waals surface area contributed by atoms with Crippen LogP contribution in [0.2, 0.25) is 0 Å². The molecule has 0 saturated heterocycles. The number of nitrogens with zero attached hydrogens (tertiary/aromatic N) is 2. The lowest BCUT2D eigenvalue weighted by Gasteiger charge is -2.03. The minimum absolute atomic E-state index is 0.121. The van der Waals surface area contributed by atoms with Crippen molar-refractivity contribution in [3.05, 3.63) is 40.6 Å². The number of aryl methyl sites for hydroxylation is 1. The topological polar surface area (TPSA) is 62.7 Å². The van der Waals surface area contributed by atoms with Gasteiger partial charge in [-0.2, -0.15) is 0 Å². The number of carbonyl (C=O) groups is 1. The Morgan fingerprint density at radius 2 is 2.50 bits per heavy atom. The summed E-state index contributed by atoms with van der Waals surface area (Å²) in [5.41, 5.74) is 0.610. The monoisotopic (exact) mass is 282 g/mol. The van der Waals surface area contributed by atoms with E-state index in [2.05, 4.69) is 31.2 Å². The predicted octanol–water partition coefficient (Wildman–Crippen LogP) is 1.44. The summed E-state index contributed by atoms with van der Waals surface area (Å²) >= 11 is 3.32. The number of aromatic nitrogens is 3. The molecule has 0 radical (unpaired) electrons. The second-order valence-electron chi connectivity index (χ2n) is 3.37. The maximum Gasteiger partial charge on any atom is 0.268 e. The predicted molar refractivity (Wildman–Crippen MR) is 62.9 cm³/mol. The average Bonchev–Trinajstić information content (AvgIpc) is 2.84. The van der Waals surface area contributed by atoms with Gasteiger partial charge in [-0.15, -0.1) is 0 Å². The summed E-state index contributed by atoms with van der Waals surface area (Å²) in [6, 6.07) is 1.78. The highest BCUT2D eigenvalue weighted by Crippen LogP contribution is 2.13. The number of aromatic amines is 1. The number of rotatable bonds is 3. The Bertz CT molecular complexity index is 489. The van der Waals surface area contributed by atoms with E-state index in [0.717, 1.165) is 10.3 Å². The zero-order chi connectivity index (χ0) is 11.5.